The molecule has 1 aliphatic heterocycles. The van der Waals surface area contributed by atoms with Crippen molar-refractivity contribution in [3.8, 4) is 6.07 Å². The molecule has 3 amide bonds. The standard InChI is InChI=1S/C18H11F3N3O3/c19-18(20,21)14-8-13(7-6-11(14)9-22)24-15(26)17(10-25,23-16(24)27)12-4-2-1-3-5-12/h2-8,25H,10H2,(H,23,27). The van der Waals surface area contributed by atoms with Crippen molar-refractivity contribution in [1.29, 1.82) is 5.26 Å². The van der Waals surface area contributed by atoms with E-state index >= 15 is 0 Å². The van der Waals surface area contributed by atoms with Gasteiger partial charge in [0, 0.05) is 0 Å². The second-order valence-electron chi connectivity index (χ2n) is 5.76. The number of nitriles is 1. The van der Waals surface area contributed by atoms with Crippen LogP contribution in [0.15, 0.2) is 42.5 Å². The van der Waals surface area contributed by atoms with Crippen LogP contribution in [0, 0.1) is 17.4 Å². The zero-order valence-electron chi connectivity index (χ0n) is 13.5. The van der Waals surface area contributed by atoms with E-state index in [4.69, 9.17) is 5.26 Å². The number of aliphatic hydroxyl groups excluding tert-OH is 1. The number of amides is 3. The first kappa shape index (κ1) is 18.4. The fraction of sp³-hybridized carbons (Fsp3) is 0.167. The highest BCUT2D eigenvalue weighted by molar-refractivity contribution is 6.23. The second kappa shape index (κ2) is 6.41. The average Bonchev–Trinajstić information content (AvgIpc) is 2.92. The number of hydrogen-bond acceptors (Lipinski definition) is 4. The molecule has 0 aliphatic carbocycles. The van der Waals surface area contributed by atoms with Crippen molar-refractivity contribution in [1.82, 2.24) is 5.32 Å². The molecule has 0 bridgehead atoms. The quantitative estimate of drug-likeness (QED) is 0.807. The number of hydrogen-bond donors (Lipinski definition) is 2. The van der Waals surface area contributed by atoms with Gasteiger partial charge in [0.05, 0.1) is 29.5 Å². The Hall–Kier alpha value is -3.38. The molecule has 1 fully saturated rings. The SMILES string of the molecule is N#Cc1ccc(N2C(=O)NC(CO)(c3cc[c]cc3)C2=O)cc1C(F)(F)F. The van der Waals surface area contributed by atoms with Crippen LogP contribution in [0.2, 0.25) is 0 Å². The number of nitrogens with one attached hydrogen (secondary N) is 1. The largest absolute Gasteiger partial charge is 0.417 e. The third kappa shape index (κ3) is 2.90. The summed E-state index contributed by atoms with van der Waals surface area (Å²) in [5, 5.41) is 21.0. The molecule has 1 unspecified atom stereocenters. The molecule has 0 spiro atoms. The molecule has 6 nitrogen and oxygen atoms in total. The number of carbonyl (C=O) groups excluding carboxylic acids is 2. The summed E-state index contributed by atoms with van der Waals surface area (Å²) in [4.78, 5) is 25.8. The van der Waals surface area contributed by atoms with Crippen molar-refractivity contribution >= 4 is 17.6 Å². The highest BCUT2D eigenvalue weighted by Crippen LogP contribution is 2.37. The molecule has 0 saturated carbocycles. The van der Waals surface area contributed by atoms with E-state index in [1.54, 1.807) is 0 Å². The first-order chi connectivity index (χ1) is 12.7. The molecule has 2 aromatic rings. The minimum atomic E-state index is -4.84. The Kier molecular flexibility index (Phi) is 4.37. The van der Waals surface area contributed by atoms with Crippen molar-refractivity contribution in [2.75, 3.05) is 11.5 Å². The van der Waals surface area contributed by atoms with Crippen LogP contribution in [0.4, 0.5) is 23.7 Å². The van der Waals surface area contributed by atoms with E-state index in [2.05, 4.69) is 11.4 Å². The number of rotatable bonds is 3. The van der Waals surface area contributed by atoms with Crippen molar-refractivity contribution < 1.29 is 27.9 Å². The molecule has 0 aromatic heterocycles. The number of carbonyl (C=O) groups is 2. The molecule has 2 N–H and O–H groups in total. The number of benzene rings is 2. The maximum atomic E-state index is 13.2. The molecule has 27 heavy (non-hydrogen) atoms. The lowest BCUT2D eigenvalue weighted by Gasteiger charge is -2.24. The van der Waals surface area contributed by atoms with Gasteiger partial charge in [-0.15, -0.1) is 0 Å². The maximum absolute atomic E-state index is 13.2. The monoisotopic (exact) mass is 374 g/mol. The summed E-state index contributed by atoms with van der Waals surface area (Å²) in [5.74, 6) is -0.931. The smallest absolute Gasteiger partial charge is 0.393 e. The van der Waals surface area contributed by atoms with Crippen LogP contribution in [0.1, 0.15) is 16.7 Å². The van der Waals surface area contributed by atoms with Gasteiger partial charge in [-0.05, 0) is 29.8 Å². The zero-order valence-corrected chi connectivity index (χ0v) is 13.5. The van der Waals surface area contributed by atoms with Crippen LogP contribution in [-0.4, -0.2) is 23.7 Å². The van der Waals surface area contributed by atoms with E-state index in [0.717, 1.165) is 12.1 Å². The van der Waals surface area contributed by atoms with E-state index in [1.165, 1.54) is 30.3 Å². The molecule has 3 rings (SSSR count). The third-order valence-electron chi connectivity index (χ3n) is 4.23. The molecule has 1 heterocycles. The highest BCUT2D eigenvalue weighted by Gasteiger charge is 2.53. The van der Waals surface area contributed by atoms with Crippen molar-refractivity contribution in [2.45, 2.75) is 11.7 Å². The number of nitrogens with zero attached hydrogens (tertiary/aromatic N) is 2. The van der Waals surface area contributed by atoms with Crippen LogP contribution in [-0.2, 0) is 16.5 Å². The predicted molar refractivity (Wildman–Crippen MR) is 86.2 cm³/mol. The van der Waals surface area contributed by atoms with Crippen LogP contribution in [0.25, 0.3) is 0 Å². The number of anilines is 1. The normalized spacial score (nSPS) is 19.7. The number of alkyl halides is 3. The van der Waals surface area contributed by atoms with Gasteiger partial charge >= 0.3 is 12.2 Å². The summed E-state index contributed by atoms with van der Waals surface area (Å²) >= 11 is 0. The lowest BCUT2D eigenvalue weighted by molar-refractivity contribution is -0.137. The molecule has 1 saturated heterocycles. The van der Waals surface area contributed by atoms with E-state index in [9.17, 15) is 27.9 Å². The topological polar surface area (TPSA) is 93.4 Å². The van der Waals surface area contributed by atoms with Gasteiger partial charge in [-0.3, -0.25) is 4.79 Å². The van der Waals surface area contributed by atoms with Crippen LogP contribution >= 0.6 is 0 Å². The third-order valence-corrected chi connectivity index (χ3v) is 4.23. The highest BCUT2D eigenvalue weighted by atomic mass is 19.4. The zero-order chi connectivity index (χ0) is 19.8. The molecule has 9 heteroatoms. The number of aliphatic hydroxyl groups is 1. The van der Waals surface area contributed by atoms with Gasteiger partial charge in [0.15, 0.2) is 5.54 Å². The van der Waals surface area contributed by atoms with Crippen LogP contribution in [0.3, 0.4) is 0 Å². The summed E-state index contributed by atoms with van der Waals surface area (Å²) in [6, 6.07) is 11.5. The lowest BCUT2D eigenvalue weighted by Crippen LogP contribution is -2.47. The summed E-state index contributed by atoms with van der Waals surface area (Å²) in [7, 11) is 0. The van der Waals surface area contributed by atoms with E-state index in [1.807, 2.05) is 0 Å². The van der Waals surface area contributed by atoms with Gasteiger partial charge in [0.2, 0.25) is 0 Å². The minimum absolute atomic E-state index is 0.259. The van der Waals surface area contributed by atoms with Crippen LogP contribution < -0.4 is 10.2 Å². The van der Waals surface area contributed by atoms with Crippen molar-refractivity contribution in [2.24, 2.45) is 0 Å². The van der Waals surface area contributed by atoms with Gasteiger partial charge in [-0.1, -0.05) is 24.3 Å². The first-order valence-corrected chi connectivity index (χ1v) is 7.60. The fourth-order valence-corrected chi connectivity index (χ4v) is 2.88. The Labute approximate surface area is 151 Å². The molecule has 1 aliphatic rings. The summed E-state index contributed by atoms with van der Waals surface area (Å²) in [5.41, 5.74) is -3.82. The molecular formula is C18H11F3N3O3. The van der Waals surface area contributed by atoms with E-state index in [-0.39, 0.29) is 11.3 Å². The van der Waals surface area contributed by atoms with E-state index < -0.39 is 41.4 Å². The van der Waals surface area contributed by atoms with Crippen molar-refractivity contribution in [3.63, 3.8) is 0 Å². The Balaban J connectivity index is 2.10. The first-order valence-electron chi connectivity index (χ1n) is 7.60. The van der Waals surface area contributed by atoms with E-state index in [0.29, 0.717) is 11.0 Å². The molecule has 1 radical (unpaired) electrons. The van der Waals surface area contributed by atoms with Gasteiger partial charge < -0.3 is 10.4 Å². The van der Waals surface area contributed by atoms with Crippen LogP contribution in [0.5, 0.6) is 0 Å². The Morgan fingerprint density at radius 2 is 1.89 bits per heavy atom. The van der Waals surface area contributed by atoms with Gasteiger partial charge in [-0.25, -0.2) is 9.69 Å². The molecular weight excluding hydrogens is 363 g/mol. The summed E-state index contributed by atoms with van der Waals surface area (Å²) in [6.07, 6.45) is -4.84. The lowest BCUT2D eigenvalue weighted by atomic mass is 9.90. The second-order valence-corrected chi connectivity index (χ2v) is 5.76. The number of imide groups is 1. The summed E-state index contributed by atoms with van der Waals surface area (Å²) in [6.45, 7) is -0.791. The minimum Gasteiger partial charge on any atom is -0.393 e. The predicted octanol–water partition coefficient (Wildman–Crippen LogP) is 2.32. The Morgan fingerprint density at radius 3 is 2.44 bits per heavy atom. The Bertz CT molecular complexity index is 954. The molecule has 1 atom stereocenters. The number of urea groups is 1. The molecule has 2 aromatic carbocycles. The number of halogens is 3. The fourth-order valence-electron chi connectivity index (χ4n) is 2.88. The van der Waals surface area contributed by atoms with Gasteiger partial charge in [0.1, 0.15) is 0 Å². The average molecular weight is 374 g/mol. The van der Waals surface area contributed by atoms with Gasteiger partial charge in [-0.2, -0.15) is 18.4 Å². The van der Waals surface area contributed by atoms with Gasteiger partial charge in [0.25, 0.3) is 5.91 Å². The van der Waals surface area contributed by atoms with Crippen molar-refractivity contribution in [3.05, 3.63) is 65.2 Å². The summed E-state index contributed by atoms with van der Waals surface area (Å²) < 4.78 is 39.5. The Morgan fingerprint density at radius 1 is 1.22 bits per heavy atom. The maximum Gasteiger partial charge on any atom is 0.417 e. The molecule has 137 valence electrons.